The first kappa shape index (κ1) is 16.5. The molecule has 2 aromatic carbocycles. The third-order valence-corrected chi connectivity index (χ3v) is 4.47. The molecule has 1 heterocycles. The SMILES string of the molecule is CC[C@](C)(Nc1ccc(C)cc1)c1nnnn1-c1ccc(Cl)cc1. The van der Waals surface area contributed by atoms with E-state index in [0.717, 1.165) is 23.6 Å². The highest BCUT2D eigenvalue weighted by molar-refractivity contribution is 6.30. The number of aryl methyl sites for hydroxylation is 1. The van der Waals surface area contributed by atoms with E-state index < -0.39 is 5.54 Å². The van der Waals surface area contributed by atoms with E-state index in [9.17, 15) is 0 Å². The Morgan fingerprint density at radius 1 is 1.08 bits per heavy atom. The van der Waals surface area contributed by atoms with Gasteiger partial charge in [0.25, 0.3) is 0 Å². The van der Waals surface area contributed by atoms with Crippen LogP contribution in [0.15, 0.2) is 48.5 Å². The van der Waals surface area contributed by atoms with Gasteiger partial charge in [0.05, 0.1) is 11.2 Å². The second-order valence-electron chi connectivity index (χ2n) is 6.07. The van der Waals surface area contributed by atoms with Crippen LogP contribution in [-0.4, -0.2) is 20.2 Å². The molecule has 0 amide bonds. The number of tetrazole rings is 1. The number of hydrogen-bond donors (Lipinski definition) is 1. The maximum Gasteiger partial charge on any atom is 0.181 e. The Hall–Kier alpha value is -2.40. The number of nitrogens with one attached hydrogen (secondary N) is 1. The second kappa shape index (κ2) is 6.61. The van der Waals surface area contributed by atoms with Gasteiger partial charge in [0.15, 0.2) is 5.82 Å². The molecule has 124 valence electrons. The van der Waals surface area contributed by atoms with Crippen LogP contribution in [0.3, 0.4) is 0 Å². The summed E-state index contributed by atoms with van der Waals surface area (Å²) in [7, 11) is 0. The summed E-state index contributed by atoms with van der Waals surface area (Å²) in [5.41, 5.74) is 2.74. The highest BCUT2D eigenvalue weighted by Gasteiger charge is 2.31. The molecule has 0 unspecified atom stereocenters. The first-order valence-electron chi connectivity index (χ1n) is 7.91. The van der Waals surface area contributed by atoms with Crippen molar-refractivity contribution in [2.75, 3.05) is 5.32 Å². The number of rotatable bonds is 5. The Morgan fingerprint density at radius 2 is 1.75 bits per heavy atom. The highest BCUT2D eigenvalue weighted by atomic mass is 35.5. The molecule has 0 bridgehead atoms. The Morgan fingerprint density at radius 3 is 2.38 bits per heavy atom. The maximum atomic E-state index is 5.98. The van der Waals surface area contributed by atoms with Gasteiger partial charge in [0.2, 0.25) is 0 Å². The van der Waals surface area contributed by atoms with Crippen molar-refractivity contribution in [3.63, 3.8) is 0 Å². The van der Waals surface area contributed by atoms with E-state index in [4.69, 9.17) is 11.6 Å². The molecule has 0 fully saturated rings. The van der Waals surface area contributed by atoms with Crippen molar-refractivity contribution in [1.29, 1.82) is 0 Å². The molecule has 6 heteroatoms. The fourth-order valence-corrected chi connectivity index (χ4v) is 2.67. The number of aromatic nitrogens is 4. The van der Waals surface area contributed by atoms with Gasteiger partial charge in [-0.3, -0.25) is 0 Å². The summed E-state index contributed by atoms with van der Waals surface area (Å²) in [4.78, 5) is 0. The number of benzene rings is 2. The van der Waals surface area contributed by atoms with Crippen molar-refractivity contribution >= 4 is 17.3 Å². The number of anilines is 1. The van der Waals surface area contributed by atoms with Crippen molar-refractivity contribution in [3.05, 3.63) is 64.9 Å². The molecule has 0 saturated heterocycles. The summed E-state index contributed by atoms with van der Waals surface area (Å²) in [6.45, 7) is 6.29. The summed E-state index contributed by atoms with van der Waals surface area (Å²) in [5.74, 6) is 0.757. The zero-order valence-electron chi connectivity index (χ0n) is 14.0. The van der Waals surface area contributed by atoms with E-state index in [1.54, 1.807) is 4.68 Å². The molecule has 0 aliphatic heterocycles. The smallest absolute Gasteiger partial charge is 0.181 e. The summed E-state index contributed by atoms with van der Waals surface area (Å²) >= 11 is 5.98. The van der Waals surface area contributed by atoms with E-state index in [2.05, 4.69) is 65.9 Å². The molecular weight excluding hydrogens is 322 g/mol. The molecular formula is C18H20ClN5. The van der Waals surface area contributed by atoms with Crippen molar-refractivity contribution < 1.29 is 0 Å². The van der Waals surface area contributed by atoms with Crippen molar-refractivity contribution in [2.45, 2.75) is 32.7 Å². The minimum atomic E-state index is -0.404. The standard InChI is InChI=1S/C18H20ClN5/c1-4-18(3,20-15-9-5-13(2)6-10-15)17-21-22-23-24(17)16-11-7-14(19)8-12-16/h5-12,20H,4H2,1-3H3/t18-/m0/s1. The van der Waals surface area contributed by atoms with Gasteiger partial charge in [-0.25, -0.2) is 0 Å². The van der Waals surface area contributed by atoms with E-state index >= 15 is 0 Å². The van der Waals surface area contributed by atoms with Gasteiger partial charge in [0.1, 0.15) is 0 Å². The molecule has 1 atom stereocenters. The summed E-state index contributed by atoms with van der Waals surface area (Å²) in [6, 6.07) is 15.8. The van der Waals surface area contributed by atoms with Crippen LogP contribution in [0.5, 0.6) is 0 Å². The monoisotopic (exact) mass is 341 g/mol. The Labute approximate surface area is 146 Å². The minimum Gasteiger partial charge on any atom is -0.373 e. The normalized spacial score (nSPS) is 13.5. The Bertz CT molecular complexity index is 810. The molecule has 3 aromatic rings. The third kappa shape index (κ3) is 3.26. The summed E-state index contributed by atoms with van der Waals surface area (Å²) in [6.07, 6.45) is 0.828. The lowest BCUT2D eigenvalue weighted by Gasteiger charge is -2.29. The van der Waals surface area contributed by atoms with Crippen LogP contribution < -0.4 is 5.32 Å². The molecule has 0 aliphatic rings. The highest BCUT2D eigenvalue weighted by Crippen LogP contribution is 2.29. The minimum absolute atomic E-state index is 0.404. The van der Waals surface area contributed by atoms with Crippen molar-refractivity contribution in [1.82, 2.24) is 20.2 Å². The predicted molar refractivity (Wildman–Crippen MR) is 96.6 cm³/mol. The fraction of sp³-hybridized carbons (Fsp3) is 0.278. The van der Waals surface area contributed by atoms with E-state index in [1.165, 1.54) is 5.56 Å². The third-order valence-electron chi connectivity index (χ3n) is 4.21. The predicted octanol–water partition coefficient (Wildman–Crippen LogP) is 4.36. The van der Waals surface area contributed by atoms with Crippen molar-refractivity contribution in [3.8, 4) is 5.69 Å². The Kier molecular flexibility index (Phi) is 4.53. The van der Waals surface area contributed by atoms with Gasteiger partial charge in [0, 0.05) is 10.7 Å². The fourth-order valence-electron chi connectivity index (χ4n) is 2.55. The molecule has 0 aliphatic carbocycles. The van der Waals surface area contributed by atoms with Gasteiger partial charge in [-0.05, 0) is 67.1 Å². The van der Waals surface area contributed by atoms with Crippen LogP contribution in [0.1, 0.15) is 31.7 Å². The second-order valence-corrected chi connectivity index (χ2v) is 6.50. The Balaban J connectivity index is 1.97. The van der Waals surface area contributed by atoms with Crippen LogP contribution in [0, 0.1) is 6.92 Å². The van der Waals surface area contributed by atoms with Crippen LogP contribution in [0.2, 0.25) is 5.02 Å². The van der Waals surface area contributed by atoms with Gasteiger partial charge < -0.3 is 5.32 Å². The van der Waals surface area contributed by atoms with Crippen LogP contribution in [0.25, 0.3) is 5.69 Å². The largest absolute Gasteiger partial charge is 0.373 e. The first-order valence-corrected chi connectivity index (χ1v) is 8.29. The number of hydrogen-bond acceptors (Lipinski definition) is 4. The lowest BCUT2D eigenvalue weighted by Crippen LogP contribution is -2.34. The molecule has 5 nitrogen and oxygen atoms in total. The maximum absolute atomic E-state index is 5.98. The molecule has 1 N–H and O–H groups in total. The number of nitrogens with zero attached hydrogens (tertiary/aromatic N) is 4. The summed E-state index contributed by atoms with van der Waals surface area (Å²) in [5, 5.41) is 16.6. The lowest BCUT2D eigenvalue weighted by molar-refractivity contribution is 0.474. The summed E-state index contributed by atoms with van der Waals surface area (Å²) < 4.78 is 1.75. The number of halogens is 1. The topological polar surface area (TPSA) is 55.6 Å². The molecule has 24 heavy (non-hydrogen) atoms. The zero-order valence-corrected chi connectivity index (χ0v) is 14.7. The van der Waals surface area contributed by atoms with E-state index in [-0.39, 0.29) is 0 Å². The van der Waals surface area contributed by atoms with Gasteiger partial charge in [-0.15, -0.1) is 5.10 Å². The van der Waals surface area contributed by atoms with Gasteiger partial charge in [-0.2, -0.15) is 4.68 Å². The zero-order chi connectivity index (χ0) is 17.2. The molecule has 0 saturated carbocycles. The lowest BCUT2D eigenvalue weighted by atomic mass is 9.96. The van der Waals surface area contributed by atoms with Gasteiger partial charge in [-0.1, -0.05) is 36.2 Å². The van der Waals surface area contributed by atoms with Crippen LogP contribution in [-0.2, 0) is 5.54 Å². The molecule has 0 spiro atoms. The molecule has 0 radical (unpaired) electrons. The molecule has 3 rings (SSSR count). The van der Waals surface area contributed by atoms with Crippen molar-refractivity contribution in [2.24, 2.45) is 0 Å². The van der Waals surface area contributed by atoms with E-state index in [0.29, 0.717) is 5.02 Å². The van der Waals surface area contributed by atoms with Crippen LogP contribution in [0.4, 0.5) is 5.69 Å². The molecule has 1 aromatic heterocycles. The van der Waals surface area contributed by atoms with Gasteiger partial charge >= 0.3 is 0 Å². The van der Waals surface area contributed by atoms with Crippen LogP contribution >= 0.6 is 11.6 Å². The van der Waals surface area contributed by atoms with E-state index in [1.807, 2.05) is 24.3 Å². The quantitative estimate of drug-likeness (QED) is 0.749. The average Bonchev–Trinajstić information content (AvgIpc) is 3.08. The first-order chi connectivity index (χ1) is 11.5. The average molecular weight is 342 g/mol.